The number of carbonyl (C=O) groups is 1. The predicted molar refractivity (Wildman–Crippen MR) is 42.6 cm³/mol. The number of halogens is 2. The number of hydrogen-bond donors (Lipinski definition) is 0. The van der Waals surface area contributed by atoms with Gasteiger partial charge in [0, 0.05) is 12.5 Å². The molecule has 0 aromatic carbocycles. The first-order chi connectivity index (χ1) is 5.95. The van der Waals surface area contributed by atoms with Crippen LogP contribution in [0.3, 0.4) is 0 Å². The summed E-state index contributed by atoms with van der Waals surface area (Å²) in [6.45, 7) is -0.0171. The highest BCUT2D eigenvalue weighted by atomic mass is 19.3. The number of likely N-dealkylation sites (tertiary alicyclic amines) is 1. The summed E-state index contributed by atoms with van der Waals surface area (Å²) in [4.78, 5) is 12.3. The summed E-state index contributed by atoms with van der Waals surface area (Å²) in [5.74, 6) is -4.23. The Morgan fingerprint density at radius 2 is 2.31 bits per heavy atom. The molecule has 0 saturated carbocycles. The summed E-state index contributed by atoms with van der Waals surface area (Å²) in [6.07, 6.45) is -0.201. The highest BCUT2D eigenvalue weighted by molar-refractivity contribution is 5.69. The van der Waals surface area contributed by atoms with E-state index in [9.17, 15) is 13.6 Å². The van der Waals surface area contributed by atoms with E-state index >= 15 is 0 Å². The van der Waals surface area contributed by atoms with Crippen molar-refractivity contribution >= 4 is 5.97 Å². The van der Waals surface area contributed by atoms with E-state index in [2.05, 4.69) is 4.74 Å². The maximum atomic E-state index is 13.1. The number of nitrogens with zero attached hydrogens (tertiary/aromatic N) is 1. The second-order valence-electron chi connectivity index (χ2n) is 3.43. The van der Waals surface area contributed by atoms with E-state index in [1.54, 1.807) is 7.05 Å². The smallest absolute Gasteiger partial charge is 0.306 e. The highest BCUT2D eigenvalue weighted by Gasteiger charge is 2.47. The lowest BCUT2D eigenvalue weighted by Gasteiger charge is -2.15. The molecule has 1 heterocycles. The predicted octanol–water partition coefficient (Wildman–Crippen LogP) is 0.746. The summed E-state index contributed by atoms with van der Waals surface area (Å²) < 4.78 is 30.6. The number of ether oxygens (including phenoxy) is 1. The highest BCUT2D eigenvalue weighted by Crippen LogP contribution is 2.34. The van der Waals surface area contributed by atoms with Gasteiger partial charge >= 0.3 is 5.97 Å². The lowest BCUT2D eigenvalue weighted by atomic mass is 10.0. The second kappa shape index (κ2) is 3.57. The van der Waals surface area contributed by atoms with Gasteiger partial charge in [0.05, 0.1) is 20.1 Å². The Labute approximate surface area is 75.7 Å². The Hall–Kier alpha value is -0.710. The van der Waals surface area contributed by atoms with E-state index < -0.39 is 17.8 Å². The minimum atomic E-state index is -2.76. The molecule has 1 aliphatic heterocycles. The molecule has 1 unspecified atom stereocenters. The van der Waals surface area contributed by atoms with Crippen molar-refractivity contribution in [1.82, 2.24) is 4.90 Å². The summed E-state index contributed by atoms with van der Waals surface area (Å²) >= 11 is 0. The van der Waals surface area contributed by atoms with Gasteiger partial charge < -0.3 is 9.64 Å². The van der Waals surface area contributed by atoms with Crippen molar-refractivity contribution in [3.05, 3.63) is 0 Å². The fourth-order valence-corrected chi connectivity index (χ4v) is 1.56. The van der Waals surface area contributed by atoms with Gasteiger partial charge in [-0.2, -0.15) is 0 Å². The van der Waals surface area contributed by atoms with Crippen molar-refractivity contribution in [3.63, 3.8) is 0 Å². The molecular formula is C8H13F2NO2. The van der Waals surface area contributed by atoms with Crippen molar-refractivity contribution in [2.24, 2.45) is 5.92 Å². The molecule has 1 saturated heterocycles. The summed E-state index contributed by atoms with van der Waals surface area (Å²) in [7, 11) is 2.82. The van der Waals surface area contributed by atoms with Crippen LogP contribution < -0.4 is 0 Å². The topological polar surface area (TPSA) is 29.5 Å². The zero-order chi connectivity index (χ0) is 10.1. The number of carbonyl (C=O) groups excluding carboxylic acids is 1. The van der Waals surface area contributed by atoms with E-state index in [1.807, 2.05) is 0 Å². The minimum Gasteiger partial charge on any atom is -0.469 e. The Balaban J connectivity index is 2.55. The molecule has 0 bridgehead atoms. The Kier molecular flexibility index (Phi) is 2.85. The van der Waals surface area contributed by atoms with Gasteiger partial charge in [0.25, 0.3) is 5.92 Å². The van der Waals surface area contributed by atoms with Crippen LogP contribution in [0, 0.1) is 5.92 Å². The zero-order valence-electron chi connectivity index (χ0n) is 7.72. The molecule has 0 amide bonds. The zero-order valence-corrected chi connectivity index (χ0v) is 7.72. The van der Waals surface area contributed by atoms with Crippen LogP contribution >= 0.6 is 0 Å². The third-order valence-corrected chi connectivity index (χ3v) is 2.25. The van der Waals surface area contributed by atoms with Crippen LogP contribution in [0.1, 0.15) is 6.42 Å². The van der Waals surface area contributed by atoms with Gasteiger partial charge in [-0.1, -0.05) is 0 Å². The first-order valence-corrected chi connectivity index (χ1v) is 4.09. The van der Waals surface area contributed by atoms with Crippen LogP contribution in [0.25, 0.3) is 0 Å². The lowest BCUT2D eigenvalue weighted by Crippen LogP contribution is -2.29. The van der Waals surface area contributed by atoms with Gasteiger partial charge in [0.15, 0.2) is 0 Å². The average molecular weight is 193 g/mol. The molecule has 0 radical (unpaired) electrons. The molecule has 76 valence electrons. The van der Waals surface area contributed by atoms with Crippen LogP contribution in [0.4, 0.5) is 8.78 Å². The molecule has 0 spiro atoms. The van der Waals surface area contributed by atoms with Crippen molar-refractivity contribution in [1.29, 1.82) is 0 Å². The van der Waals surface area contributed by atoms with Crippen LogP contribution in [0.5, 0.6) is 0 Å². The number of methoxy groups -OCH3 is 1. The second-order valence-corrected chi connectivity index (χ2v) is 3.43. The molecule has 0 aromatic heterocycles. The maximum absolute atomic E-state index is 13.1. The number of esters is 1. The van der Waals surface area contributed by atoms with Crippen molar-refractivity contribution in [3.8, 4) is 0 Å². The van der Waals surface area contributed by atoms with Crippen molar-refractivity contribution < 1.29 is 18.3 Å². The monoisotopic (exact) mass is 193 g/mol. The van der Waals surface area contributed by atoms with E-state index in [-0.39, 0.29) is 19.5 Å². The third kappa shape index (κ3) is 2.37. The number of rotatable bonds is 2. The molecule has 1 aliphatic rings. The standard InChI is InChI=1S/C8H13F2NO2/c1-11-4-6(3-7(12)13-2)8(9,10)5-11/h6H,3-5H2,1-2H3. The number of alkyl halides is 2. The first-order valence-electron chi connectivity index (χ1n) is 4.09. The Morgan fingerprint density at radius 3 is 2.69 bits per heavy atom. The Bertz CT molecular complexity index is 208. The van der Waals surface area contributed by atoms with Gasteiger partial charge in [-0.25, -0.2) is 8.78 Å². The quantitative estimate of drug-likeness (QED) is 0.606. The van der Waals surface area contributed by atoms with Gasteiger partial charge in [-0.3, -0.25) is 4.79 Å². The van der Waals surface area contributed by atoms with Crippen LogP contribution in [0.15, 0.2) is 0 Å². The summed E-state index contributed by atoms with van der Waals surface area (Å²) in [6, 6.07) is 0. The molecule has 13 heavy (non-hydrogen) atoms. The molecule has 5 heteroatoms. The molecule has 0 N–H and O–H groups in total. The maximum Gasteiger partial charge on any atom is 0.306 e. The third-order valence-electron chi connectivity index (χ3n) is 2.25. The molecule has 0 aromatic rings. The van der Waals surface area contributed by atoms with E-state index in [0.29, 0.717) is 0 Å². The molecule has 0 aliphatic carbocycles. The average Bonchev–Trinajstić information content (AvgIpc) is 2.24. The minimum absolute atomic E-state index is 0.201. The largest absolute Gasteiger partial charge is 0.469 e. The van der Waals surface area contributed by atoms with E-state index in [4.69, 9.17) is 0 Å². The fraction of sp³-hybridized carbons (Fsp3) is 0.875. The van der Waals surface area contributed by atoms with Crippen LogP contribution in [-0.4, -0.2) is 44.0 Å². The van der Waals surface area contributed by atoms with Gasteiger partial charge in [0.2, 0.25) is 0 Å². The van der Waals surface area contributed by atoms with E-state index in [1.165, 1.54) is 12.0 Å². The van der Waals surface area contributed by atoms with Gasteiger partial charge in [0.1, 0.15) is 0 Å². The SMILES string of the molecule is COC(=O)CC1CN(C)CC1(F)F. The molecule has 1 atom stereocenters. The van der Waals surface area contributed by atoms with Crippen LogP contribution in [0.2, 0.25) is 0 Å². The fourth-order valence-electron chi connectivity index (χ4n) is 1.56. The van der Waals surface area contributed by atoms with Gasteiger partial charge in [-0.15, -0.1) is 0 Å². The molecule has 1 rings (SSSR count). The Morgan fingerprint density at radius 1 is 1.69 bits per heavy atom. The van der Waals surface area contributed by atoms with Crippen molar-refractivity contribution in [2.45, 2.75) is 12.3 Å². The molecule has 1 fully saturated rings. The van der Waals surface area contributed by atoms with Crippen molar-refractivity contribution in [2.75, 3.05) is 27.2 Å². The number of hydrogen-bond acceptors (Lipinski definition) is 3. The first kappa shape index (κ1) is 10.4. The normalized spacial score (nSPS) is 27.5. The molecule has 3 nitrogen and oxygen atoms in total. The van der Waals surface area contributed by atoms with Crippen LogP contribution in [-0.2, 0) is 9.53 Å². The molecular weight excluding hydrogens is 180 g/mol. The summed E-state index contributed by atoms with van der Waals surface area (Å²) in [5, 5.41) is 0. The van der Waals surface area contributed by atoms with Gasteiger partial charge in [-0.05, 0) is 7.05 Å². The van der Waals surface area contributed by atoms with E-state index in [0.717, 1.165) is 0 Å². The lowest BCUT2D eigenvalue weighted by molar-refractivity contribution is -0.144. The summed E-state index contributed by atoms with van der Waals surface area (Å²) in [5.41, 5.74) is 0.